The highest BCUT2D eigenvalue weighted by Crippen LogP contribution is 2.29. The van der Waals surface area contributed by atoms with Crippen molar-refractivity contribution in [2.75, 3.05) is 32.2 Å². The van der Waals surface area contributed by atoms with E-state index in [2.05, 4.69) is 0 Å². The average Bonchev–Trinajstić information content (AvgIpc) is 2.53. The van der Waals surface area contributed by atoms with Gasteiger partial charge in [0.15, 0.2) is 0 Å². The number of benzene rings is 1. The van der Waals surface area contributed by atoms with Crippen LogP contribution in [0.2, 0.25) is 0 Å². The summed E-state index contributed by atoms with van der Waals surface area (Å²) in [5.74, 6) is -0.492. The first-order valence-electron chi connectivity index (χ1n) is 6.71. The standard InChI is InChI=1S/C14H18N2O5/c1-20-11-5-7-15(8-6-11)13-9-10(16(18)19)3-4-12(13)14(17)21-2/h3-4,9,11H,5-8H2,1-2H3. The van der Waals surface area contributed by atoms with Crippen LogP contribution < -0.4 is 4.90 Å². The third kappa shape index (κ3) is 3.30. The highest BCUT2D eigenvalue weighted by Gasteiger charge is 2.25. The zero-order chi connectivity index (χ0) is 15.4. The normalized spacial score (nSPS) is 15.8. The lowest BCUT2D eigenvalue weighted by Gasteiger charge is -2.33. The molecule has 0 aliphatic carbocycles. The average molecular weight is 294 g/mol. The van der Waals surface area contributed by atoms with Crippen molar-refractivity contribution in [1.29, 1.82) is 0 Å². The van der Waals surface area contributed by atoms with Gasteiger partial charge < -0.3 is 14.4 Å². The lowest BCUT2D eigenvalue weighted by atomic mass is 10.0. The van der Waals surface area contributed by atoms with E-state index in [1.807, 2.05) is 4.90 Å². The largest absolute Gasteiger partial charge is 0.465 e. The number of ether oxygens (including phenoxy) is 2. The van der Waals surface area contributed by atoms with Crippen molar-refractivity contribution < 1.29 is 19.2 Å². The number of esters is 1. The van der Waals surface area contributed by atoms with E-state index in [0.717, 1.165) is 12.8 Å². The van der Waals surface area contributed by atoms with Gasteiger partial charge >= 0.3 is 5.97 Å². The molecular weight excluding hydrogens is 276 g/mol. The third-order valence-electron chi connectivity index (χ3n) is 3.71. The number of carbonyl (C=O) groups is 1. The van der Waals surface area contributed by atoms with Gasteiger partial charge in [0, 0.05) is 32.3 Å². The number of nitro benzene ring substituents is 1. The van der Waals surface area contributed by atoms with E-state index in [1.165, 1.54) is 25.3 Å². The molecule has 114 valence electrons. The summed E-state index contributed by atoms with van der Waals surface area (Å²) < 4.78 is 10.1. The van der Waals surface area contributed by atoms with E-state index in [-0.39, 0.29) is 11.8 Å². The van der Waals surface area contributed by atoms with E-state index in [9.17, 15) is 14.9 Å². The van der Waals surface area contributed by atoms with Crippen LogP contribution in [0.5, 0.6) is 0 Å². The first-order chi connectivity index (χ1) is 10.1. The highest BCUT2D eigenvalue weighted by atomic mass is 16.6. The molecule has 0 atom stereocenters. The van der Waals surface area contributed by atoms with E-state index in [1.54, 1.807) is 7.11 Å². The summed E-state index contributed by atoms with van der Waals surface area (Å²) in [7, 11) is 2.97. The molecule has 21 heavy (non-hydrogen) atoms. The van der Waals surface area contributed by atoms with Gasteiger partial charge in [-0.1, -0.05) is 0 Å². The summed E-state index contributed by atoms with van der Waals surface area (Å²) in [4.78, 5) is 24.3. The van der Waals surface area contributed by atoms with Gasteiger partial charge in [0.05, 0.1) is 29.4 Å². The van der Waals surface area contributed by atoms with Crippen LogP contribution in [-0.2, 0) is 9.47 Å². The quantitative estimate of drug-likeness (QED) is 0.480. The maximum absolute atomic E-state index is 11.8. The Kier molecular flexibility index (Phi) is 4.74. The van der Waals surface area contributed by atoms with Crippen molar-refractivity contribution in [3.63, 3.8) is 0 Å². The number of carbonyl (C=O) groups excluding carboxylic acids is 1. The molecule has 0 aromatic heterocycles. The second-order valence-corrected chi connectivity index (χ2v) is 4.87. The summed E-state index contributed by atoms with van der Waals surface area (Å²) in [6, 6.07) is 4.19. The van der Waals surface area contributed by atoms with Gasteiger partial charge in [0.25, 0.3) is 5.69 Å². The molecule has 2 rings (SSSR count). The molecule has 0 N–H and O–H groups in total. The zero-order valence-electron chi connectivity index (χ0n) is 12.1. The van der Waals surface area contributed by atoms with Crippen LogP contribution in [0.15, 0.2) is 18.2 Å². The maximum Gasteiger partial charge on any atom is 0.339 e. The van der Waals surface area contributed by atoms with Crippen molar-refractivity contribution in [1.82, 2.24) is 0 Å². The van der Waals surface area contributed by atoms with Crippen molar-refractivity contribution in [2.24, 2.45) is 0 Å². The van der Waals surface area contributed by atoms with Crippen LogP contribution in [0.4, 0.5) is 11.4 Å². The molecule has 1 aliphatic heterocycles. The molecule has 1 fully saturated rings. The minimum absolute atomic E-state index is 0.0356. The third-order valence-corrected chi connectivity index (χ3v) is 3.71. The molecule has 7 heteroatoms. The number of piperidine rings is 1. The van der Waals surface area contributed by atoms with Gasteiger partial charge in [-0.05, 0) is 18.9 Å². The minimum atomic E-state index is -0.492. The van der Waals surface area contributed by atoms with Gasteiger partial charge in [0.1, 0.15) is 0 Å². The molecule has 1 aromatic carbocycles. The van der Waals surface area contributed by atoms with Crippen LogP contribution >= 0.6 is 0 Å². The Morgan fingerprint density at radius 2 is 2.00 bits per heavy atom. The number of methoxy groups -OCH3 is 2. The Morgan fingerprint density at radius 1 is 1.33 bits per heavy atom. The fraction of sp³-hybridized carbons (Fsp3) is 0.500. The van der Waals surface area contributed by atoms with Crippen molar-refractivity contribution in [3.05, 3.63) is 33.9 Å². The molecule has 0 unspecified atom stereocenters. The highest BCUT2D eigenvalue weighted by molar-refractivity contribution is 5.96. The van der Waals surface area contributed by atoms with E-state index < -0.39 is 10.9 Å². The number of nitro groups is 1. The predicted octanol–water partition coefficient (Wildman–Crippen LogP) is 2.00. The first kappa shape index (κ1) is 15.2. The number of hydrogen-bond donors (Lipinski definition) is 0. The molecule has 0 spiro atoms. The number of nitrogens with zero attached hydrogens (tertiary/aromatic N) is 2. The molecule has 1 saturated heterocycles. The van der Waals surface area contributed by atoms with Crippen LogP contribution in [0.25, 0.3) is 0 Å². The second-order valence-electron chi connectivity index (χ2n) is 4.87. The molecule has 0 bridgehead atoms. The van der Waals surface area contributed by atoms with E-state index in [4.69, 9.17) is 9.47 Å². The van der Waals surface area contributed by atoms with Crippen LogP contribution in [0.1, 0.15) is 23.2 Å². The van der Waals surface area contributed by atoms with Gasteiger partial charge in [-0.2, -0.15) is 0 Å². The molecule has 1 heterocycles. The van der Waals surface area contributed by atoms with Gasteiger partial charge in [-0.3, -0.25) is 10.1 Å². The molecule has 1 aliphatic rings. The van der Waals surface area contributed by atoms with Gasteiger partial charge in [-0.15, -0.1) is 0 Å². The maximum atomic E-state index is 11.8. The van der Waals surface area contributed by atoms with E-state index in [0.29, 0.717) is 24.3 Å². The number of anilines is 1. The minimum Gasteiger partial charge on any atom is -0.465 e. The summed E-state index contributed by atoms with van der Waals surface area (Å²) in [5, 5.41) is 10.9. The van der Waals surface area contributed by atoms with Crippen LogP contribution in [-0.4, -0.2) is 44.3 Å². The lowest BCUT2D eigenvalue weighted by Crippen LogP contribution is -2.37. The van der Waals surface area contributed by atoms with E-state index >= 15 is 0 Å². The summed E-state index contributed by atoms with van der Waals surface area (Å²) >= 11 is 0. The fourth-order valence-electron chi connectivity index (χ4n) is 2.51. The second kappa shape index (κ2) is 6.53. The Hall–Kier alpha value is -2.15. The number of rotatable bonds is 4. The molecule has 7 nitrogen and oxygen atoms in total. The molecular formula is C14H18N2O5. The van der Waals surface area contributed by atoms with Crippen molar-refractivity contribution in [3.8, 4) is 0 Å². The van der Waals surface area contributed by atoms with Crippen LogP contribution in [0.3, 0.4) is 0 Å². The Bertz CT molecular complexity index is 538. The summed E-state index contributed by atoms with van der Waals surface area (Å²) in [6.07, 6.45) is 1.83. The number of non-ortho nitro benzene ring substituents is 1. The Balaban J connectivity index is 2.32. The predicted molar refractivity (Wildman–Crippen MR) is 76.7 cm³/mol. The monoisotopic (exact) mass is 294 g/mol. The van der Waals surface area contributed by atoms with Crippen molar-refractivity contribution in [2.45, 2.75) is 18.9 Å². The summed E-state index contributed by atoms with van der Waals surface area (Å²) in [6.45, 7) is 1.37. The molecule has 0 amide bonds. The Morgan fingerprint density at radius 3 is 2.52 bits per heavy atom. The molecule has 0 radical (unpaired) electrons. The first-order valence-corrected chi connectivity index (χ1v) is 6.71. The van der Waals surface area contributed by atoms with Crippen LogP contribution in [0, 0.1) is 10.1 Å². The molecule has 0 saturated carbocycles. The Labute approximate surface area is 122 Å². The molecule has 1 aromatic rings. The SMILES string of the molecule is COC(=O)c1ccc([N+](=O)[O-])cc1N1CCC(OC)CC1. The number of hydrogen-bond acceptors (Lipinski definition) is 6. The smallest absolute Gasteiger partial charge is 0.339 e. The summed E-state index contributed by atoms with van der Waals surface area (Å²) in [5.41, 5.74) is 0.857. The lowest BCUT2D eigenvalue weighted by molar-refractivity contribution is -0.384. The van der Waals surface area contributed by atoms with Gasteiger partial charge in [-0.25, -0.2) is 4.79 Å². The fourth-order valence-corrected chi connectivity index (χ4v) is 2.51. The topological polar surface area (TPSA) is 81.9 Å². The van der Waals surface area contributed by atoms with Crippen molar-refractivity contribution >= 4 is 17.3 Å². The zero-order valence-corrected chi connectivity index (χ0v) is 12.1. The van der Waals surface area contributed by atoms with Gasteiger partial charge in [0.2, 0.25) is 0 Å².